The molecule has 1 aliphatic rings. The maximum atomic E-state index is 12.3. The summed E-state index contributed by atoms with van der Waals surface area (Å²) in [5.74, 6) is 0.626. The smallest absolute Gasteiger partial charge is 0.321 e. The van der Waals surface area contributed by atoms with Crippen molar-refractivity contribution < 1.29 is 27.4 Å². The van der Waals surface area contributed by atoms with Crippen molar-refractivity contribution >= 4 is 33.4 Å². The summed E-state index contributed by atoms with van der Waals surface area (Å²) in [4.78, 5) is 13.5. The molecule has 0 saturated heterocycles. The third-order valence-corrected chi connectivity index (χ3v) is 5.90. The van der Waals surface area contributed by atoms with E-state index >= 15 is 0 Å². The number of hydrogen-bond acceptors (Lipinski definition) is 7. The summed E-state index contributed by atoms with van der Waals surface area (Å²) in [5.41, 5.74) is 0.499. The number of halogens is 1. The van der Waals surface area contributed by atoms with Crippen LogP contribution < -0.4 is 9.47 Å². The van der Waals surface area contributed by atoms with Crippen molar-refractivity contribution in [1.82, 2.24) is 4.90 Å². The van der Waals surface area contributed by atoms with Gasteiger partial charge < -0.3 is 19.1 Å². The van der Waals surface area contributed by atoms with Crippen molar-refractivity contribution in [3.05, 3.63) is 54.1 Å². The minimum absolute atomic E-state index is 0.0426. The molecule has 30 heavy (non-hydrogen) atoms. The molecule has 0 spiro atoms. The van der Waals surface area contributed by atoms with E-state index in [0.717, 1.165) is 0 Å². The SMILES string of the molecule is COc1ccc(OCC(CN(C)C2=NS(=O)(=O)c3ccccc32)OC(=O)CCl)cc1. The Morgan fingerprint density at radius 2 is 1.80 bits per heavy atom. The van der Waals surface area contributed by atoms with Crippen LogP contribution in [0.3, 0.4) is 0 Å². The van der Waals surface area contributed by atoms with Crippen LogP contribution in [0.5, 0.6) is 11.5 Å². The van der Waals surface area contributed by atoms with Crippen molar-refractivity contribution in [3.63, 3.8) is 0 Å². The van der Waals surface area contributed by atoms with E-state index in [1.54, 1.807) is 61.5 Å². The Hall–Kier alpha value is -2.78. The average molecular weight is 453 g/mol. The summed E-state index contributed by atoms with van der Waals surface area (Å²) in [6.45, 7) is 0.197. The van der Waals surface area contributed by atoms with Gasteiger partial charge in [0.15, 0.2) is 11.9 Å². The number of esters is 1. The topological polar surface area (TPSA) is 94.5 Å². The summed E-state index contributed by atoms with van der Waals surface area (Å²) < 4.78 is 44.7. The summed E-state index contributed by atoms with van der Waals surface area (Å²) in [7, 11) is -0.512. The first-order valence-electron chi connectivity index (χ1n) is 9.02. The van der Waals surface area contributed by atoms with Crippen LogP contribution in [0.1, 0.15) is 5.56 Å². The molecule has 1 unspecified atom stereocenters. The van der Waals surface area contributed by atoms with Crippen LogP contribution in [-0.4, -0.2) is 64.4 Å². The number of sulfonamides is 1. The molecule has 10 heteroatoms. The molecule has 0 N–H and O–H groups in total. The Morgan fingerprint density at radius 3 is 2.47 bits per heavy atom. The van der Waals surface area contributed by atoms with Gasteiger partial charge in [-0.2, -0.15) is 8.42 Å². The number of hydrogen-bond donors (Lipinski definition) is 0. The Morgan fingerprint density at radius 1 is 1.13 bits per heavy atom. The van der Waals surface area contributed by atoms with Gasteiger partial charge in [-0.15, -0.1) is 16.0 Å². The first kappa shape index (κ1) is 21.9. The molecule has 1 atom stereocenters. The fourth-order valence-corrected chi connectivity index (χ4v) is 4.27. The van der Waals surface area contributed by atoms with Crippen LogP contribution in [0.4, 0.5) is 0 Å². The maximum absolute atomic E-state index is 12.3. The number of nitrogens with zero attached hydrogens (tertiary/aromatic N) is 2. The summed E-state index contributed by atoms with van der Waals surface area (Å²) >= 11 is 5.57. The second-order valence-corrected chi connectivity index (χ2v) is 8.34. The van der Waals surface area contributed by atoms with Gasteiger partial charge >= 0.3 is 5.97 Å². The average Bonchev–Trinajstić information content (AvgIpc) is 3.03. The number of likely N-dealkylation sites (N-methyl/N-ethyl adjacent to an activating group) is 1. The molecule has 0 aromatic heterocycles. The van der Waals surface area contributed by atoms with E-state index < -0.39 is 22.1 Å². The summed E-state index contributed by atoms with van der Waals surface area (Å²) in [5, 5.41) is 0. The maximum Gasteiger partial charge on any atom is 0.321 e. The van der Waals surface area contributed by atoms with Crippen molar-refractivity contribution in [3.8, 4) is 11.5 Å². The molecule has 0 fully saturated rings. The molecule has 2 aromatic carbocycles. The highest BCUT2D eigenvalue weighted by molar-refractivity contribution is 7.90. The number of carbonyl (C=O) groups is 1. The van der Waals surface area contributed by atoms with Gasteiger partial charge in [-0.25, -0.2) is 0 Å². The van der Waals surface area contributed by atoms with Crippen LogP contribution in [-0.2, 0) is 19.6 Å². The van der Waals surface area contributed by atoms with Crippen LogP contribution in [0, 0.1) is 0 Å². The van der Waals surface area contributed by atoms with Gasteiger partial charge in [0.1, 0.15) is 28.9 Å². The molecule has 0 saturated carbocycles. The number of alkyl halides is 1. The van der Waals surface area contributed by atoms with Crippen LogP contribution in [0.25, 0.3) is 0 Å². The van der Waals surface area contributed by atoms with Crippen LogP contribution in [0.2, 0.25) is 0 Å². The van der Waals surface area contributed by atoms with E-state index in [9.17, 15) is 13.2 Å². The van der Waals surface area contributed by atoms with Gasteiger partial charge in [-0.1, -0.05) is 12.1 Å². The largest absolute Gasteiger partial charge is 0.497 e. The lowest BCUT2D eigenvalue weighted by Crippen LogP contribution is -2.39. The van der Waals surface area contributed by atoms with Gasteiger partial charge in [-0.05, 0) is 36.4 Å². The Bertz CT molecular complexity index is 1040. The molecule has 1 heterocycles. The minimum atomic E-state index is -3.75. The molecular formula is C20H21ClN2O6S. The molecule has 1 aliphatic heterocycles. The lowest BCUT2D eigenvalue weighted by atomic mass is 10.2. The van der Waals surface area contributed by atoms with Crippen LogP contribution in [0.15, 0.2) is 57.8 Å². The number of methoxy groups -OCH3 is 1. The Kier molecular flexibility index (Phi) is 6.84. The fraction of sp³-hybridized carbons (Fsp3) is 0.300. The molecule has 2 aromatic rings. The molecule has 0 amide bonds. The highest BCUT2D eigenvalue weighted by Crippen LogP contribution is 2.27. The first-order chi connectivity index (χ1) is 14.3. The lowest BCUT2D eigenvalue weighted by molar-refractivity contribution is -0.147. The van der Waals surface area contributed by atoms with E-state index in [2.05, 4.69) is 4.40 Å². The molecule has 0 bridgehead atoms. The van der Waals surface area contributed by atoms with Gasteiger partial charge in [0.2, 0.25) is 0 Å². The fourth-order valence-electron chi connectivity index (χ4n) is 2.96. The van der Waals surface area contributed by atoms with Crippen molar-refractivity contribution in [2.24, 2.45) is 4.40 Å². The predicted molar refractivity (Wildman–Crippen MR) is 112 cm³/mol. The number of carbonyl (C=O) groups excluding carboxylic acids is 1. The zero-order valence-corrected chi connectivity index (χ0v) is 18.0. The molecule has 0 radical (unpaired) electrons. The number of amidine groups is 1. The van der Waals surface area contributed by atoms with Gasteiger partial charge in [-0.3, -0.25) is 4.79 Å². The lowest BCUT2D eigenvalue weighted by Gasteiger charge is -2.25. The number of rotatable bonds is 8. The zero-order valence-electron chi connectivity index (χ0n) is 16.4. The second-order valence-electron chi connectivity index (χ2n) is 6.50. The Labute approximate surface area is 180 Å². The molecular weight excluding hydrogens is 432 g/mol. The summed E-state index contributed by atoms with van der Waals surface area (Å²) in [6.07, 6.45) is -0.707. The quantitative estimate of drug-likeness (QED) is 0.448. The highest BCUT2D eigenvalue weighted by Gasteiger charge is 2.31. The highest BCUT2D eigenvalue weighted by atomic mass is 35.5. The third kappa shape index (κ3) is 5.03. The standard InChI is InChI=1S/C20H21ClN2O6S/c1-23(20-17-5-3-4-6-18(17)30(25,26)22-20)12-16(29-19(24)11-21)13-28-15-9-7-14(27-2)8-10-15/h3-10,16H,11-13H2,1-2H3. The number of benzene rings is 2. The van der Waals surface area contributed by atoms with Crippen LogP contribution >= 0.6 is 11.6 Å². The van der Waals surface area contributed by atoms with E-state index in [1.165, 1.54) is 6.07 Å². The monoisotopic (exact) mass is 452 g/mol. The molecule has 160 valence electrons. The van der Waals surface area contributed by atoms with E-state index in [0.29, 0.717) is 17.1 Å². The predicted octanol–water partition coefficient (Wildman–Crippen LogP) is 2.31. The zero-order chi connectivity index (χ0) is 21.7. The van der Waals surface area contributed by atoms with E-state index in [-0.39, 0.29) is 29.8 Å². The first-order valence-corrected chi connectivity index (χ1v) is 11.0. The second kappa shape index (κ2) is 9.36. The number of ether oxygens (including phenoxy) is 3. The van der Waals surface area contributed by atoms with Gasteiger partial charge in [0.05, 0.1) is 13.7 Å². The third-order valence-electron chi connectivity index (χ3n) is 4.35. The molecule has 8 nitrogen and oxygen atoms in total. The van der Waals surface area contributed by atoms with Gasteiger partial charge in [0.25, 0.3) is 10.0 Å². The molecule has 3 rings (SSSR count). The van der Waals surface area contributed by atoms with Crippen molar-refractivity contribution in [1.29, 1.82) is 0 Å². The van der Waals surface area contributed by atoms with Crippen molar-refractivity contribution in [2.45, 2.75) is 11.0 Å². The molecule has 0 aliphatic carbocycles. The minimum Gasteiger partial charge on any atom is -0.497 e. The van der Waals surface area contributed by atoms with Crippen molar-refractivity contribution in [2.75, 3.05) is 33.2 Å². The normalized spacial score (nSPS) is 15.0. The summed E-state index contributed by atoms with van der Waals surface area (Å²) in [6, 6.07) is 13.5. The van der Waals surface area contributed by atoms with Gasteiger partial charge in [0, 0.05) is 12.6 Å². The Balaban J connectivity index is 1.73. The van der Waals surface area contributed by atoms with E-state index in [1.807, 2.05) is 0 Å². The number of fused-ring (bicyclic) bond motifs is 1. The van der Waals surface area contributed by atoms with E-state index in [4.69, 9.17) is 25.8 Å².